The molecule has 0 aliphatic heterocycles. The van der Waals surface area contributed by atoms with Gasteiger partial charge in [-0.1, -0.05) is 6.07 Å². The number of carbonyl (C=O) groups excluding carboxylic acids is 1. The van der Waals surface area contributed by atoms with Crippen molar-refractivity contribution >= 4 is 27.1 Å². The summed E-state index contributed by atoms with van der Waals surface area (Å²) in [5.74, 6) is -0.464. The molecule has 0 fully saturated rings. The van der Waals surface area contributed by atoms with Crippen LogP contribution in [0.4, 0.5) is 0 Å². The van der Waals surface area contributed by atoms with Crippen LogP contribution in [0, 0.1) is 0 Å². The fourth-order valence-electron chi connectivity index (χ4n) is 1.45. The Balaban J connectivity index is 2.04. The molecule has 0 atom stereocenters. The van der Waals surface area contributed by atoms with Gasteiger partial charge in [0.1, 0.15) is 6.61 Å². The van der Waals surface area contributed by atoms with Crippen molar-refractivity contribution < 1.29 is 17.9 Å². The Morgan fingerprint density at radius 1 is 1.21 bits per heavy atom. The van der Waals surface area contributed by atoms with Gasteiger partial charge in [-0.05, 0) is 35.7 Å². The first-order chi connectivity index (χ1) is 8.97. The Morgan fingerprint density at radius 2 is 1.89 bits per heavy atom. The smallest absolute Gasteiger partial charge is 0.338 e. The number of benzene rings is 1. The number of thiophene rings is 1. The van der Waals surface area contributed by atoms with Crippen LogP contribution in [-0.4, -0.2) is 20.6 Å². The lowest BCUT2D eigenvalue weighted by molar-refractivity contribution is 0.0476. The van der Waals surface area contributed by atoms with Crippen LogP contribution in [0.15, 0.2) is 46.7 Å². The van der Waals surface area contributed by atoms with E-state index in [2.05, 4.69) is 0 Å². The van der Waals surface area contributed by atoms with Gasteiger partial charge in [-0.15, -0.1) is 11.3 Å². The number of carbonyl (C=O) groups is 1. The van der Waals surface area contributed by atoms with Crippen molar-refractivity contribution in [2.45, 2.75) is 11.5 Å². The van der Waals surface area contributed by atoms with E-state index in [-0.39, 0.29) is 11.5 Å². The van der Waals surface area contributed by atoms with Crippen LogP contribution in [0.2, 0.25) is 0 Å². The Morgan fingerprint density at radius 3 is 2.42 bits per heavy atom. The Bertz CT molecular complexity index is 655. The van der Waals surface area contributed by atoms with Gasteiger partial charge in [-0.3, -0.25) is 0 Å². The summed E-state index contributed by atoms with van der Waals surface area (Å²) in [6, 6.07) is 9.47. The van der Waals surface area contributed by atoms with Crippen molar-refractivity contribution in [2.24, 2.45) is 0 Å². The molecule has 100 valence electrons. The SMILES string of the molecule is CS(=O)(=O)c1ccc(C(=O)OCc2cccs2)cc1. The molecule has 0 aliphatic carbocycles. The number of rotatable bonds is 4. The quantitative estimate of drug-likeness (QED) is 0.813. The van der Waals surface area contributed by atoms with Crippen LogP contribution in [0.25, 0.3) is 0 Å². The first-order valence-corrected chi connectivity index (χ1v) is 8.23. The minimum Gasteiger partial charge on any atom is -0.456 e. The lowest BCUT2D eigenvalue weighted by Gasteiger charge is -2.04. The van der Waals surface area contributed by atoms with E-state index in [1.807, 2.05) is 17.5 Å². The topological polar surface area (TPSA) is 60.4 Å². The minimum absolute atomic E-state index is 0.183. The average molecular weight is 296 g/mol. The second kappa shape index (κ2) is 5.54. The van der Waals surface area contributed by atoms with Gasteiger partial charge in [0.2, 0.25) is 0 Å². The molecule has 0 N–H and O–H groups in total. The number of ether oxygens (including phenoxy) is 1. The molecule has 6 heteroatoms. The number of esters is 1. The van der Waals surface area contributed by atoms with E-state index in [0.717, 1.165) is 11.1 Å². The largest absolute Gasteiger partial charge is 0.456 e. The predicted octanol–water partition coefficient (Wildman–Crippen LogP) is 2.51. The molecule has 0 unspecified atom stereocenters. The summed E-state index contributed by atoms with van der Waals surface area (Å²) in [6.45, 7) is 0.227. The van der Waals surface area contributed by atoms with Gasteiger partial charge in [-0.2, -0.15) is 0 Å². The summed E-state index contributed by atoms with van der Waals surface area (Å²) in [7, 11) is -3.24. The van der Waals surface area contributed by atoms with Gasteiger partial charge in [0, 0.05) is 11.1 Å². The highest BCUT2D eigenvalue weighted by atomic mass is 32.2. The van der Waals surface area contributed by atoms with Gasteiger partial charge in [0.15, 0.2) is 9.84 Å². The van der Waals surface area contributed by atoms with Crippen LogP contribution in [-0.2, 0) is 21.2 Å². The van der Waals surface area contributed by atoms with Crippen LogP contribution in [0.5, 0.6) is 0 Å². The van der Waals surface area contributed by atoms with E-state index in [9.17, 15) is 13.2 Å². The molecule has 1 aromatic heterocycles. The van der Waals surface area contributed by atoms with Gasteiger partial charge in [0.05, 0.1) is 10.5 Å². The molecule has 1 heterocycles. The normalized spacial score (nSPS) is 11.2. The molecule has 19 heavy (non-hydrogen) atoms. The molecule has 0 bridgehead atoms. The third-order valence-corrected chi connectivity index (χ3v) is 4.42. The monoisotopic (exact) mass is 296 g/mol. The molecule has 0 saturated carbocycles. The number of hydrogen-bond acceptors (Lipinski definition) is 5. The standard InChI is InChI=1S/C13H12O4S2/c1-19(15,16)12-6-4-10(5-7-12)13(14)17-9-11-3-2-8-18-11/h2-8H,9H2,1H3. The third kappa shape index (κ3) is 3.65. The molecule has 0 saturated heterocycles. The predicted molar refractivity (Wildman–Crippen MR) is 73.0 cm³/mol. The van der Waals surface area contributed by atoms with Crippen LogP contribution in [0.1, 0.15) is 15.2 Å². The number of sulfone groups is 1. The van der Waals surface area contributed by atoms with Crippen molar-refractivity contribution in [3.05, 3.63) is 52.2 Å². The lowest BCUT2D eigenvalue weighted by Crippen LogP contribution is -2.05. The molecule has 0 spiro atoms. The summed E-state index contributed by atoms with van der Waals surface area (Å²) in [6.07, 6.45) is 1.12. The molecule has 0 amide bonds. The maximum Gasteiger partial charge on any atom is 0.338 e. The highest BCUT2D eigenvalue weighted by Gasteiger charge is 2.11. The fourth-order valence-corrected chi connectivity index (χ4v) is 2.70. The number of hydrogen-bond donors (Lipinski definition) is 0. The lowest BCUT2D eigenvalue weighted by atomic mass is 10.2. The van der Waals surface area contributed by atoms with Crippen molar-refractivity contribution in [2.75, 3.05) is 6.26 Å². The summed E-state index contributed by atoms with van der Waals surface area (Å²) < 4.78 is 27.7. The second-order valence-electron chi connectivity index (χ2n) is 3.95. The molecule has 4 nitrogen and oxygen atoms in total. The Hall–Kier alpha value is -1.66. The van der Waals surface area contributed by atoms with Gasteiger partial charge >= 0.3 is 5.97 Å². The van der Waals surface area contributed by atoms with Crippen molar-refractivity contribution in [1.82, 2.24) is 0 Å². The maximum atomic E-state index is 11.7. The van der Waals surface area contributed by atoms with E-state index < -0.39 is 15.8 Å². The van der Waals surface area contributed by atoms with Crippen molar-refractivity contribution in [3.8, 4) is 0 Å². The highest BCUT2D eigenvalue weighted by molar-refractivity contribution is 7.90. The van der Waals surface area contributed by atoms with Crippen molar-refractivity contribution in [3.63, 3.8) is 0 Å². The van der Waals surface area contributed by atoms with E-state index in [1.165, 1.54) is 35.6 Å². The summed E-state index contributed by atoms with van der Waals surface area (Å²) in [5, 5.41) is 1.91. The average Bonchev–Trinajstić information content (AvgIpc) is 2.88. The third-order valence-electron chi connectivity index (χ3n) is 2.44. The zero-order valence-corrected chi connectivity index (χ0v) is 11.8. The highest BCUT2D eigenvalue weighted by Crippen LogP contribution is 2.13. The molecule has 2 rings (SSSR count). The van der Waals surface area contributed by atoms with E-state index >= 15 is 0 Å². The first kappa shape index (κ1) is 13.8. The first-order valence-electron chi connectivity index (χ1n) is 5.46. The summed E-state index contributed by atoms with van der Waals surface area (Å²) in [5.41, 5.74) is 0.337. The van der Waals surface area contributed by atoms with Crippen LogP contribution >= 0.6 is 11.3 Å². The zero-order chi connectivity index (χ0) is 13.9. The zero-order valence-electron chi connectivity index (χ0n) is 10.2. The summed E-state index contributed by atoms with van der Waals surface area (Å²) in [4.78, 5) is 12.9. The van der Waals surface area contributed by atoms with Gasteiger partial charge < -0.3 is 4.74 Å². The molecule has 0 aliphatic rings. The van der Waals surface area contributed by atoms with Gasteiger partial charge in [0.25, 0.3) is 0 Å². The van der Waals surface area contributed by atoms with Gasteiger partial charge in [-0.25, -0.2) is 13.2 Å². The summed E-state index contributed by atoms with van der Waals surface area (Å²) >= 11 is 1.51. The fraction of sp³-hybridized carbons (Fsp3) is 0.154. The van der Waals surface area contributed by atoms with E-state index in [0.29, 0.717) is 5.56 Å². The maximum absolute atomic E-state index is 11.7. The molecule has 0 radical (unpaired) electrons. The van der Waals surface area contributed by atoms with Crippen molar-refractivity contribution in [1.29, 1.82) is 0 Å². The minimum atomic E-state index is -3.24. The van der Waals surface area contributed by atoms with Crippen LogP contribution < -0.4 is 0 Å². The second-order valence-corrected chi connectivity index (χ2v) is 7.00. The molecular weight excluding hydrogens is 284 g/mol. The molecule has 2 aromatic rings. The molecular formula is C13H12O4S2. The molecule has 1 aromatic carbocycles. The van der Waals surface area contributed by atoms with Crippen LogP contribution in [0.3, 0.4) is 0 Å². The Kier molecular flexibility index (Phi) is 4.01. The van der Waals surface area contributed by atoms with E-state index in [4.69, 9.17) is 4.74 Å². The Labute approximate surface area is 115 Å². The van der Waals surface area contributed by atoms with E-state index in [1.54, 1.807) is 0 Å².